The van der Waals surface area contributed by atoms with Gasteiger partial charge in [0.15, 0.2) is 17.5 Å². The van der Waals surface area contributed by atoms with Crippen LogP contribution in [0.1, 0.15) is 0 Å². The minimum atomic E-state index is 0.621. The van der Waals surface area contributed by atoms with Gasteiger partial charge in [0, 0.05) is 33.7 Å². The van der Waals surface area contributed by atoms with E-state index in [0.717, 1.165) is 60.8 Å². The molecule has 0 aliphatic carbocycles. The molecule has 0 saturated carbocycles. The number of hydrogen-bond acceptors (Lipinski definition) is 4. The van der Waals surface area contributed by atoms with Gasteiger partial charge in [-0.3, -0.25) is 4.98 Å². The van der Waals surface area contributed by atoms with Crippen LogP contribution in [0.4, 0.5) is 0 Å². The number of nitrogens with zero attached hydrogens (tertiary/aromatic N) is 4. The summed E-state index contributed by atoms with van der Waals surface area (Å²) in [6, 6.07) is 69.9. The van der Waals surface area contributed by atoms with Gasteiger partial charge in [-0.05, 0) is 68.1 Å². The molecule has 0 bridgehead atoms. The molecular formula is C52H34N4. The lowest BCUT2D eigenvalue weighted by Gasteiger charge is -2.12. The Kier molecular flexibility index (Phi) is 8.47. The van der Waals surface area contributed by atoms with Gasteiger partial charge in [-0.1, -0.05) is 182 Å². The van der Waals surface area contributed by atoms with Gasteiger partial charge in [0.05, 0.1) is 5.52 Å². The molecule has 4 nitrogen and oxygen atoms in total. The second-order valence-corrected chi connectivity index (χ2v) is 13.9. The monoisotopic (exact) mass is 714 g/mol. The Bertz CT molecular complexity index is 2890. The number of pyridine rings is 1. The summed E-state index contributed by atoms with van der Waals surface area (Å²) in [5, 5.41) is 3.48. The van der Waals surface area contributed by atoms with Crippen LogP contribution in [-0.2, 0) is 0 Å². The van der Waals surface area contributed by atoms with Crippen molar-refractivity contribution in [1.29, 1.82) is 0 Å². The summed E-state index contributed by atoms with van der Waals surface area (Å²) in [5.74, 6) is 1.87. The first-order valence-corrected chi connectivity index (χ1v) is 18.8. The van der Waals surface area contributed by atoms with Gasteiger partial charge in [-0.2, -0.15) is 0 Å². The van der Waals surface area contributed by atoms with E-state index in [-0.39, 0.29) is 0 Å². The first kappa shape index (κ1) is 33.0. The first-order valence-electron chi connectivity index (χ1n) is 18.8. The molecule has 0 fully saturated rings. The van der Waals surface area contributed by atoms with Crippen molar-refractivity contribution in [2.24, 2.45) is 0 Å². The van der Waals surface area contributed by atoms with Crippen LogP contribution in [0.15, 0.2) is 206 Å². The fourth-order valence-corrected chi connectivity index (χ4v) is 7.51. The lowest BCUT2D eigenvalue weighted by molar-refractivity contribution is 1.07. The molecule has 2 heterocycles. The molecule has 2 aromatic heterocycles. The van der Waals surface area contributed by atoms with E-state index in [9.17, 15) is 0 Å². The van der Waals surface area contributed by atoms with Crippen LogP contribution in [0.5, 0.6) is 0 Å². The Morgan fingerprint density at radius 2 is 0.732 bits per heavy atom. The third kappa shape index (κ3) is 6.40. The topological polar surface area (TPSA) is 51.6 Å². The Morgan fingerprint density at radius 3 is 1.34 bits per heavy atom. The number of aromatic nitrogens is 4. The van der Waals surface area contributed by atoms with Crippen molar-refractivity contribution in [3.05, 3.63) is 206 Å². The zero-order valence-electron chi connectivity index (χ0n) is 30.4. The van der Waals surface area contributed by atoms with E-state index in [2.05, 4.69) is 182 Å². The zero-order chi connectivity index (χ0) is 37.3. The fourth-order valence-electron chi connectivity index (χ4n) is 7.51. The van der Waals surface area contributed by atoms with Crippen molar-refractivity contribution >= 4 is 21.7 Å². The van der Waals surface area contributed by atoms with Gasteiger partial charge in [-0.15, -0.1) is 0 Å². The van der Waals surface area contributed by atoms with Crippen molar-refractivity contribution in [2.75, 3.05) is 0 Å². The molecule has 0 spiro atoms. The molecule has 0 saturated heterocycles. The third-order valence-electron chi connectivity index (χ3n) is 10.4. The van der Waals surface area contributed by atoms with Gasteiger partial charge in [-0.25, -0.2) is 15.0 Å². The highest BCUT2D eigenvalue weighted by atomic mass is 15.0. The highest BCUT2D eigenvalue weighted by Crippen LogP contribution is 2.36. The van der Waals surface area contributed by atoms with Gasteiger partial charge in [0.1, 0.15) is 0 Å². The number of hydrogen-bond donors (Lipinski definition) is 0. The average molecular weight is 715 g/mol. The summed E-state index contributed by atoms with van der Waals surface area (Å²) >= 11 is 0. The molecule has 10 aromatic rings. The standard InChI is InChI=1S/C52H34N4/c1-3-11-35(12-4-1)37-22-26-40(27-23-37)50-54-51(41-28-24-38(25-29-41)36-13-5-2-6-14-36)56-52(55-50)45-18-8-16-43(34-45)42-15-7-17-44(33-42)46-20-9-21-48-47(46)31-30-39-19-10-32-53-49(39)48/h1-34H. The Labute approximate surface area is 325 Å². The number of fused-ring (bicyclic) bond motifs is 3. The van der Waals surface area contributed by atoms with Crippen molar-refractivity contribution in [3.8, 4) is 78.7 Å². The van der Waals surface area contributed by atoms with Crippen LogP contribution in [-0.4, -0.2) is 19.9 Å². The average Bonchev–Trinajstić information content (AvgIpc) is 3.29. The predicted octanol–water partition coefficient (Wildman–Crippen LogP) is 13.2. The minimum Gasteiger partial charge on any atom is -0.256 e. The first-order chi connectivity index (χ1) is 27.7. The largest absolute Gasteiger partial charge is 0.256 e. The summed E-state index contributed by atoms with van der Waals surface area (Å²) in [7, 11) is 0. The van der Waals surface area contributed by atoms with Crippen molar-refractivity contribution in [1.82, 2.24) is 19.9 Å². The van der Waals surface area contributed by atoms with Crippen LogP contribution in [0.3, 0.4) is 0 Å². The summed E-state index contributed by atoms with van der Waals surface area (Å²) in [6.45, 7) is 0. The lowest BCUT2D eigenvalue weighted by atomic mass is 9.94. The smallest absolute Gasteiger partial charge is 0.164 e. The number of benzene rings is 8. The van der Waals surface area contributed by atoms with Crippen molar-refractivity contribution < 1.29 is 0 Å². The molecule has 0 amide bonds. The maximum absolute atomic E-state index is 5.10. The van der Waals surface area contributed by atoms with E-state index < -0.39 is 0 Å². The van der Waals surface area contributed by atoms with Gasteiger partial charge in [0.25, 0.3) is 0 Å². The SMILES string of the molecule is c1ccc(-c2ccc(-c3nc(-c4ccc(-c5ccccc5)cc4)nc(-c4cccc(-c5cccc(-c6cccc7c6ccc6cccnc67)c5)c4)n3)cc2)cc1. The van der Waals surface area contributed by atoms with Crippen LogP contribution in [0.2, 0.25) is 0 Å². The van der Waals surface area contributed by atoms with Crippen molar-refractivity contribution in [3.63, 3.8) is 0 Å². The van der Waals surface area contributed by atoms with Gasteiger partial charge in [0.2, 0.25) is 0 Å². The van der Waals surface area contributed by atoms with Crippen LogP contribution >= 0.6 is 0 Å². The molecule has 0 atom stereocenters. The van der Waals surface area contributed by atoms with E-state index in [4.69, 9.17) is 19.9 Å². The van der Waals surface area contributed by atoms with Crippen molar-refractivity contribution in [2.45, 2.75) is 0 Å². The maximum atomic E-state index is 5.10. The molecule has 4 heteroatoms. The Morgan fingerprint density at radius 1 is 0.268 bits per heavy atom. The molecule has 10 rings (SSSR count). The van der Waals surface area contributed by atoms with E-state index >= 15 is 0 Å². The molecule has 262 valence electrons. The van der Waals surface area contributed by atoms with E-state index in [0.29, 0.717) is 17.5 Å². The predicted molar refractivity (Wildman–Crippen MR) is 231 cm³/mol. The second kappa shape index (κ2) is 14.3. The minimum absolute atomic E-state index is 0.621. The molecule has 56 heavy (non-hydrogen) atoms. The number of rotatable bonds is 7. The summed E-state index contributed by atoms with van der Waals surface area (Å²) in [4.78, 5) is 20.0. The van der Waals surface area contributed by atoms with Crippen LogP contribution < -0.4 is 0 Å². The normalized spacial score (nSPS) is 11.2. The molecule has 0 aliphatic heterocycles. The lowest BCUT2D eigenvalue weighted by Crippen LogP contribution is -2.00. The molecule has 0 aliphatic rings. The van der Waals surface area contributed by atoms with E-state index in [1.165, 1.54) is 22.1 Å². The van der Waals surface area contributed by atoms with Crippen LogP contribution in [0, 0.1) is 0 Å². The second-order valence-electron chi connectivity index (χ2n) is 13.9. The molecule has 0 N–H and O–H groups in total. The Hall–Kier alpha value is -7.56. The molecule has 0 unspecified atom stereocenters. The molecule has 8 aromatic carbocycles. The fraction of sp³-hybridized carbons (Fsp3) is 0. The third-order valence-corrected chi connectivity index (χ3v) is 10.4. The van der Waals surface area contributed by atoms with Crippen LogP contribution in [0.25, 0.3) is 100 Å². The Balaban J connectivity index is 1.05. The van der Waals surface area contributed by atoms with Gasteiger partial charge < -0.3 is 0 Å². The summed E-state index contributed by atoms with van der Waals surface area (Å²) < 4.78 is 0. The molecular weight excluding hydrogens is 681 g/mol. The molecule has 0 radical (unpaired) electrons. The quantitative estimate of drug-likeness (QED) is 0.154. The highest BCUT2D eigenvalue weighted by Gasteiger charge is 2.15. The summed E-state index contributed by atoms with van der Waals surface area (Å²) in [6.07, 6.45) is 1.86. The zero-order valence-corrected chi connectivity index (χ0v) is 30.4. The van der Waals surface area contributed by atoms with E-state index in [1.807, 2.05) is 24.4 Å². The highest BCUT2D eigenvalue weighted by molar-refractivity contribution is 6.10. The van der Waals surface area contributed by atoms with E-state index in [1.54, 1.807) is 0 Å². The summed E-state index contributed by atoms with van der Waals surface area (Å²) in [5.41, 5.74) is 12.9. The van der Waals surface area contributed by atoms with Gasteiger partial charge >= 0.3 is 0 Å². The maximum Gasteiger partial charge on any atom is 0.164 e.